The summed E-state index contributed by atoms with van der Waals surface area (Å²) in [5.41, 5.74) is 2.76. The van der Waals surface area contributed by atoms with E-state index in [1.165, 1.54) is 11.3 Å². The molecule has 0 atom stereocenters. The molecule has 6 heteroatoms. The van der Waals surface area contributed by atoms with Gasteiger partial charge in [0.25, 0.3) is 5.91 Å². The van der Waals surface area contributed by atoms with Crippen LogP contribution < -0.4 is 10.2 Å². The monoisotopic (exact) mass is 317 g/mol. The van der Waals surface area contributed by atoms with E-state index < -0.39 is 0 Å². The molecule has 1 fully saturated rings. The summed E-state index contributed by atoms with van der Waals surface area (Å²) in [6.45, 7) is 7.00. The molecular weight excluding hydrogens is 298 g/mol. The number of carbonyl (C=O) groups is 1. The van der Waals surface area contributed by atoms with Crippen LogP contribution in [0.4, 0.5) is 11.4 Å². The van der Waals surface area contributed by atoms with Gasteiger partial charge >= 0.3 is 0 Å². The maximum atomic E-state index is 12.4. The summed E-state index contributed by atoms with van der Waals surface area (Å²) in [4.78, 5) is 20.0. The van der Waals surface area contributed by atoms with Crippen molar-refractivity contribution in [2.24, 2.45) is 0 Å². The van der Waals surface area contributed by atoms with Gasteiger partial charge < -0.3 is 15.0 Å². The van der Waals surface area contributed by atoms with Crippen molar-refractivity contribution in [1.82, 2.24) is 4.98 Å². The van der Waals surface area contributed by atoms with E-state index in [1.807, 2.05) is 38.1 Å². The molecule has 1 aromatic carbocycles. The molecular formula is C16H19N3O2S. The van der Waals surface area contributed by atoms with E-state index in [0.29, 0.717) is 18.2 Å². The van der Waals surface area contributed by atoms with E-state index in [4.69, 9.17) is 4.74 Å². The van der Waals surface area contributed by atoms with Gasteiger partial charge in [0.2, 0.25) is 0 Å². The van der Waals surface area contributed by atoms with Crippen molar-refractivity contribution in [3.63, 3.8) is 0 Å². The van der Waals surface area contributed by atoms with Crippen molar-refractivity contribution >= 4 is 28.6 Å². The zero-order valence-corrected chi connectivity index (χ0v) is 13.6. The van der Waals surface area contributed by atoms with Gasteiger partial charge in [-0.05, 0) is 26.0 Å². The summed E-state index contributed by atoms with van der Waals surface area (Å²) in [6.07, 6.45) is 0. The number of aryl methyl sites for hydroxylation is 2. The average Bonchev–Trinajstić information content (AvgIpc) is 2.88. The average molecular weight is 317 g/mol. The summed E-state index contributed by atoms with van der Waals surface area (Å²) < 4.78 is 5.39. The molecule has 1 saturated heterocycles. The van der Waals surface area contributed by atoms with E-state index in [2.05, 4.69) is 15.2 Å². The molecule has 5 nitrogen and oxygen atoms in total. The van der Waals surface area contributed by atoms with Crippen LogP contribution >= 0.6 is 11.3 Å². The standard InChI is InChI=1S/C16H19N3O2S/c1-11-12(2)22-16(17-11)15(20)18-13-5-3-4-6-14(13)19-7-9-21-10-8-19/h3-6H,7-10H2,1-2H3,(H,18,20). The first-order valence-corrected chi connectivity index (χ1v) is 8.14. The Labute approximate surface area is 133 Å². The fraction of sp³-hybridized carbons (Fsp3) is 0.375. The van der Waals surface area contributed by atoms with Gasteiger partial charge in [-0.15, -0.1) is 11.3 Å². The van der Waals surface area contributed by atoms with Crippen molar-refractivity contribution in [1.29, 1.82) is 0 Å². The molecule has 1 amide bonds. The number of morpholine rings is 1. The van der Waals surface area contributed by atoms with Crippen LogP contribution in [0.25, 0.3) is 0 Å². The topological polar surface area (TPSA) is 54.5 Å². The van der Waals surface area contributed by atoms with Crippen LogP contribution in [-0.4, -0.2) is 37.2 Å². The van der Waals surface area contributed by atoms with E-state index >= 15 is 0 Å². The van der Waals surface area contributed by atoms with Gasteiger partial charge in [-0.3, -0.25) is 4.79 Å². The number of aromatic nitrogens is 1. The number of benzene rings is 1. The number of anilines is 2. The normalized spacial score (nSPS) is 14.9. The Morgan fingerprint density at radius 2 is 2.00 bits per heavy atom. The quantitative estimate of drug-likeness (QED) is 0.946. The Morgan fingerprint density at radius 3 is 2.68 bits per heavy atom. The number of carbonyl (C=O) groups excluding carboxylic acids is 1. The largest absolute Gasteiger partial charge is 0.378 e. The second kappa shape index (κ2) is 6.46. The van der Waals surface area contributed by atoms with E-state index in [0.717, 1.165) is 35.0 Å². The second-order valence-electron chi connectivity index (χ2n) is 5.23. The first-order valence-electron chi connectivity index (χ1n) is 7.32. The summed E-state index contributed by atoms with van der Waals surface area (Å²) in [5.74, 6) is -0.151. The van der Waals surface area contributed by atoms with Gasteiger partial charge in [-0.1, -0.05) is 12.1 Å². The molecule has 0 bridgehead atoms. The minimum atomic E-state index is -0.151. The Balaban J connectivity index is 1.81. The maximum absolute atomic E-state index is 12.4. The minimum Gasteiger partial charge on any atom is -0.378 e. The van der Waals surface area contributed by atoms with Crippen LogP contribution in [0, 0.1) is 13.8 Å². The SMILES string of the molecule is Cc1nc(C(=O)Nc2ccccc2N2CCOCC2)sc1C. The van der Waals surface area contributed by atoms with Gasteiger partial charge in [0, 0.05) is 18.0 Å². The molecule has 0 radical (unpaired) electrons. The van der Waals surface area contributed by atoms with Crippen LogP contribution in [-0.2, 0) is 4.74 Å². The fourth-order valence-corrected chi connectivity index (χ4v) is 3.21. The van der Waals surface area contributed by atoms with Crippen LogP contribution in [0.2, 0.25) is 0 Å². The lowest BCUT2D eigenvalue weighted by Crippen LogP contribution is -2.36. The predicted molar refractivity (Wildman–Crippen MR) is 89.0 cm³/mol. The Bertz CT molecular complexity index is 658. The molecule has 0 saturated carbocycles. The number of para-hydroxylation sites is 2. The van der Waals surface area contributed by atoms with Crippen LogP contribution in [0.3, 0.4) is 0 Å². The van der Waals surface area contributed by atoms with Crippen LogP contribution in [0.1, 0.15) is 20.4 Å². The highest BCUT2D eigenvalue weighted by Gasteiger charge is 2.18. The number of hydrogen-bond acceptors (Lipinski definition) is 5. The first kappa shape index (κ1) is 15.0. The zero-order chi connectivity index (χ0) is 15.5. The van der Waals surface area contributed by atoms with E-state index in [1.54, 1.807) is 0 Å². The summed E-state index contributed by atoms with van der Waals surface area (Å²) >= 11 is 1.43. The number of amides is 1. The summed E-state index contributed by atoms with van der Waals surface area (Å²) in [5, 5.41) is 3.50. The number of thiazole rings is 1. The summed E-state index contributed by atoms with van der Waals surface area (Å²) in [6, 6.07) is 7.87. The lowest BCUT2D eigenvalue weighted by Gasteiger charge is -2.30. The number of ether oxygens (including phenoxy) is 1. The summed E-state index contributed by atoms with van der Waals surface area (Å²) in [7, 11) is 0. The molecule has 0 aliphatic carbocycles. The highest BCUT2D eigenvalue weighted by molar-refractivity contribution is 7.13. The van der Waals surface area contributed by atoms with Crippen LogP contribution in [0.15, 0.2) is 24.3 Å². The number of nitrogens with zero attached hydrogens (tertiary/aromatic N) is 2. The Kier molecular flexibility index (Phi) is 4.40. The van der Waals surface area contributed by atoms with Gasteiger partial charge in [0.05, 0.1) is 30.3 Å². The number of nitrogens with one attached hydrogen (secondary N) is 1. The van der Waals surface area contributed by atoms with E-state index in [-0.39, 0.29) is 5.91 Å². The Hall–Kier alpha value is -1.92. The number of hydrogen-bond donors (Lipinski definition) is 1. The molecule has 1 aliphatic rings. The lowest BCUT2D eigenvalue weighted by atomic mass is 10.2. The lowest BCUT2D eigenvalue weighted by molar-refractivity contribution is 0.102. The second-order valence-corrected chi connectivity index (χ2v) is 6.43. The maximum Gasteiger partial charge on any atom is 0.284 e. The number of rotatable bonds is 3. The predicted octanol–water partition coefficient (Wildman–Crippen LogP) is 2.85. The first-order chi connectivity index (χ1) is 10.6. The van der Waals surface area contributed by atoms with Crippen LogP contribution in [0.5, 0.6) is 0 Å². The van der Waals surface area contributed by atoms with E-state index in [9.17, 15) is 4.79 Å². The smallest absolute Gasteiger partial charge is 0.284 e. The molecule has 2 heterocycles. The van der Waals surface area contributed by atoms with Gasteiger partial charge in [0.1, 0.15) is 0 Å². The molecule has 1 aliphatic heterocycles. The van der Waals surface area contributed by atoms with Crippen molar-refractivity contribution in [3.8, 4) is 0 Å². The van der Waals surface area contributed by atoms with Gasteiger partial charge in [-0.25, -0.2) is 4.98 Å². The Morgan fingerprint density at radius 1 is 1.27 bits per heavy atom. The van der Waals surface area contributed by atoms with Crippen molar-refractivity contribution in [2.45, 2.75) is 13.8 Å². The minimum absolute atomic E-state index is 0.151. The fourth-order valence-electron chi connectivity index (χ4n) is 2.40. The van der Waals surface area contributed by atoms with Gasteiger partial charge in [0.15, 0.2) is 5.01 Å². The molecule has 2 aromatic rings. The molecule has 0 unspecified atom stereocenters. The molecule has 1 aromatic heterocycles. The molecule has 22 heavy (non-hydrogen) atoms. The highest BCUT2D eigenvalue weighted by atomic mass is 32.1. The molecule has 3 rings (SSSR count). The third-order valence-corrected chi connectivity index (χ3v) is 4.80. The third kappa shape index (κ3) is 3.13. The van der Waals surface area contributed by atoms with Crippen molar-refractivity contribution < 1.29 is 9.53 Å². The van der Waals surface area contributed by atoms with Crippen molar-refractivity contribution in [3.05, 3.63) is 39.8 Å². The third-order valence-electron chi connectivity index (χ3n) is 3.73. The van der Waals surface area contributed by atoms with Gasteiger partial charge in [-0.2, -0.15) is 0 Å². The van der Waals surface area contributed by atoms with Crippen molar-refractivity contribution in [2.75, 3.05) is 36.5 Å². The molecule has 1 N–H and O–H groups in total. The molecule has 0 spiro atoms. The highest BCUT2D eigenvalue weighted by Crippen LogP contribution is 2.27. The zero-order valence-electron chi connectivity index (χ0n) is 12.8. The molecule has 116 valence electrons.